The van der Waals surface area contributed by atoms with Crippen LogP contribution < -0.4 is 0 Å². The van der Waals surface area contributed by atoms with Crippen molar-refractivity contribution in [1.29, 1.82) is 0 Å². The molecule has 1 aromatic heterocycles. The number of aryl methyl sites for hydroxylation is 1. The number of carboxylic acid groups (broad SMARTS) is 1. The Morgan fingerprint density at radius 1 is 1.41 bits per heavy atom. The topological polar surface area (TPSA) is 55.1 Å². The molecule has 0 aliphatic rings. The van der Waals surface area contributed by atoms with Gasteiger partial charge in [-0.1, -0.05) is 23.7 Å². The fourth-order valence-corrected chi connectivity index (χ4v) is 1.83. The third-order valence-corrected chi connectivity index (χ3v) is 2.71. The summed E-state index contributed by atoms with van der Waals surface area (Å²) in [4.78, 5) is 14.7. The number of aromatic nitrogens is 2. The third-order valence-electron chi connectivity index (χ3n) is 2.39. The molecule has 0 aliphatic carbocycles. The maximum Gasteiger partial charge on any atom is 0.303 e. The lowest BCUT2D eigenvalue weighted by molar-refractivity contribution is -0.137. The zero-order chi connectivity index (χ0) is 12.3. The molecule has 5 heteroatoms. The minimum atomic E-state index is -0.835. The molecular weight excluding hydrogens is 240 g/mol. The van der Waals surface area contributed by atoms with E-state index in [9.17, 15) is 4.79 Å². The molecule has 0 radical (unpaired) electrons. The van der Waals surface area contributed by atoms with E-state index in [-0.39, 0.29) is 6.42 Å². The van der Waals surface area contributed by atoms with Gasteiger partial charge >= 0.3 is 5.97 Å². The molecule has 1 heterocycles. The molecule has 0 saturated carbocycles. The Kier molecular flexibility index (Phi) is 3.44. The first-order valence-electron chi connectivity index (χ1n) is 5.17. The molecular formula is C12H11ClN2O2. The second-order valence-electron chi connectivity index (χ2n) is 3.56. The highest BCUT2D eigenvalue weighted by molar-refractivity contribution is 6.32. The number of benzene rings is 1. The van der Waals surface area contributed by atoms with Crippen molar-refractivity contribution in [2.24, 2.45) is 0 Å². The van der Waals surface area contributed by atoms with E-state index in [0.717, 1.165) is 5.69 Å². The molecule has 88 valence electrons. The molecule has 4 nitrogen and oxygen atoms in total. The van der Waals surface area contributed by atoms with E-state index >= 15 is 0 Å². The fraction of sp³-hybridized carbons (Fsp3) is 0.167. The van der Waals surface area contributed by atoms with Gasteiger partial charge in [0.05, 0.1) is 17.1 Å². The molecule has 0 saturated heterocycles. The summed E-state index contributed by atoms with van der Waals surface area (Å²) in [5.41, 5.74) is 0.812. The Hall–Kier alpha value is -1.81. The summed E-state index contributed by atoms with van der Waals surface area (Å²) in [6.07, 6.45) is 3.86. The first kappa shape index (κ1) is 11.7. The smallest absolute Gasteiger partial charge is 0.303 e. The van der Waals surface area contributed by atoms with Crippen LogP contribution in [-0.4, -0.2) is 20.6 Å². The lowest BCUT2D eigenvalue weighted by atomic mass is 10.2. The summed E-state index contributed by atoms with van der Waals surface area (Å²) in [7, 11) is 0. The Balaban J connectivity index is 2.31. The lowest BCUT2D eigenvalue weighted by Crippen LogP contribution is -2.04. The quantitative estimate of drug-likeness (QED) is 0.907. The number of carbonyl (C=O) groups is 1. The number of carboxylic acids is 1. The second kappa shape index (κ2) is 5.01. The molecule has 0 bridgehead atoms. The van der Waals surface area contributed by atoms with Crippen molar-refractivity contribution in [2.75, 3.05) is 0 Å². The molecule has 0 unspecified atom stereocenters. The number of rotatable bonds is 4. The highest BCUT2D eigenvalue weighted by Crippen LogP contribution is 2.21. The van der Waals surface area contributed by atoms with Crippen LogP contribution in [-0.2, 0) is 11.2 Å². The maximum absolute atomic E-state index is 10.5. The summed E-state index contributed by atoms with van der Waals surface area (Å²) in [6.45, 7) is 0. The molecule has 2 aromatic rings. The second-order valence-corrected chi connectivity index (χ2v) is 3.97. The SMILES string of the molecule is O=C(O)CCc1nccn1-c1ccccc1Cl. The molecule has 17 heavy (non-hydrogen) atoms. The summed E-state index contributed by atoms with van der Waals surface area (Å²) in [5, 5.41) is 9.28. The number of hydrogen-bond donors (Lipinski definition) is 1. The van der Waals surface area contributed by atoms with E-state index in [1.54, 1.807) is 18.5 Å². The number of nitrogens with zero attached hydrogens (tertiary/aromatic N) is 2. The Morgan fingerprint density at radius 3 is 2.88 bits per heavy atom. The van der Waals surface area contributed by atoms with Crippen molar-refractivity contribution < 1.29 is 9.90 Å². The minimum absolute atomic E-state index is 0.0570. The van der Waals surface area contributed by atoms with Crippen molar-refractivity contribution >= 4 is 17.6 Å². The van der Waals surface area contributed by atoms with E-state index in [2.05, 4.69) is 4.98 Å². The van der Waals surface area contributed by atoms with E-state index in [4.69, 9.17) is 16.7 Å². The van der Waals surface area contributed by atoms with E-state index in [1.165, 1.54) is 0 Å². The van der Waals surface area contributed by atoms with Gasteiger partial charge in [0.15, 0.2) is 0 Å². The van der Waals surface area contributed by atoms with E-state index in [1.807, 2.05) is 22.8 Å². The van der Waals surface area contributed by atoms with Crippen LogP contribution in [0.3, 0.4) is 0 Å². The number of hydrogen-bond acceptors (Lipinski definition) is 2. The van der Waals surface area contributed by atoms with Crippen LogP contribution in [0, 0.1) is 0 Å². The standard InChI is InChI=1S/C12H11ClN2O2/c13-9-3-1-2-4-10(9)15-8-7-14-11(15)5-6-12(16)17/h1-4,7-8H,5-6H2,(H,16,17). The van der Waals surface area contributed by atoms with Gasteiger partial charge in [0, 0.05) is 18.8 Å². The highest BCUT2D eigenvalue weighted by atomic mass is 35.5. The zero-order valence-electron chi connectivity index (χ0n) is 9.01. The van der Waals surface area contributed by atoms with Crippen LogP contribution >= 0.6 is 11.6 Å². The van der Waals surface area contributed by atoms with Gasteiger partial charge in [-0.25, -0.2) is 4.98 Å². The monoisotopic (exact) mass is 250 g/mol. The third kappa shape index (κ3) is 2.65. The van der Waals surface area contributed by atoms with Gasteiger partial charge in [0.2, 0.25) is 0 Å². The van der Waals surface area contributed by atoms with Gasteiger partial charge in [-0.3, -0.25) is 4.79 Å². The first-order chi connectivity index (χ1) is 8.18. The first-order valence-corrected chi connectivity index (χ1v) is 5.55. The number of aliphatic carboxylic acids is 1. The van der Waals surface area contributed by atoms with E-state index in [0.29, 0.717) is 17.3 Å². The Morgan fingerprint density at radius 2 is 2.18 bits per heavy atom. The van der Waals surface area contributed by atoms with Crippen LogP contribution in [0.5, 0.6) is 0 Å². The van der Waals surface area contributed by atoms with Crippen molar-refractivity contribution in [3.63, 3.8) is 0 Å². The van der Waals surface area contributed by atoms with Crippen molar-refractivity contribution in [2.45, 2.75) is 12.8 Å². The number of halogens is 1. The number of para-hydroxylation sites is 1. The van der Waals surface area contributed by atoms with Crippen LogP contribution in [0.25, 0.3) is 5.69 Å². The summed E-state index contributed by atoms with van der Waals surface area (Å²) < 4.78 is 1.81. The van der Waals surface area contributed by atoms with Crippen molar-refractivity contribution in [1.82, 2.24) is 9.55 Å². The summed E-state index contributed by atoms with van der Waals surface area (Å²) in [5.74, 6) is -0.140. The van der Waals surface area contributed by atoms with Crippen LogP contribution in [0.4, 0.5) is 0 Å². The molecule has 0 aliphatic heterocycles. The Bertz CT molecular complexity index is 537. The predicted octanol–water partition coefficient (Wildman–Crippen LogP) is 2.54. The molecule has 1 N–H and O–H groups in total. The van der Waals surface area contributed by atoms with Gasteiger partial charge in [0.25, 0.3) is 0 Å². The van der Waals surface area contributed by atoms with Crippen LogP contribution in [0.1, 0.15) is 12.2 Å². The summed E-state index contributed by atoms with van der Waals surface area (Å²) >= 11 is 6.09. The van der Waals surface area contributed by atoms with E-state index < -0.39 is 5.97 Å². The molecule has 1 aromatic carbocycles. The van der Waals surface area contributed by atoms with Crippen molar-refractivity contribution in [3.05, 3.63) is 47.5 Å². The summed E-state index contributed by atoms with van der Waals surface area (Å²) in [6, 6.07) is 7.38. The molecule has 2 rings (SSSR count). The van der Waals surface area contributed by atoms with Gasteiger partial charge in [-0.05, 0) is 12.1 Å². The van der Waals surface area contributed by atoms with Gasteiger partial charge in [-0.15, -0.1) is 0 Å². The van der Waals surface area contributed by atoms with Gasteiger partial charge < -0.3 is 9.67 Å². The molecule has 0 atom stereocenters. The van der Waals surface area contributed by atoms with Crippen LogP contribution in [0.15, 0.2) is 36.7 Å². The minimum Gasteiger partial charge on any atom is -0.481 e. The number of imidazole rings is 1. The average Bonchev–Trinajstić information content (AvgIpc) is 2.75. The average molecular weight is 251 g/mol. The van der Waals surface area contributed by atoms with Crippen LogP contribution in [0.2, 0.25) is 5.02 Å². The van der Waals surface area contributed by atoms with Gasteiger partial charge in [0.1, 0.15) is 5.82 Å². The van der Waals surface area contributed by atoms with Crippen molar-refractivity contribution in [3.8, 4) is 5.69 Å². The normalized spacial score (nSPS) is 10.4. The molecule has 0 amide bonds. The maximum atomic E-state index is 10.5. The largest absolute Gasteiger partial charge is 0.481 e. The zero-order valence-corrected chi connectivity index (χ0v) is 9.76. The fourth-order valence-electron chi connectivity index (χ4n) is 1.60. The Labute approximate surface area is 103 Å². The highest BCUT2D eigenvalue weighted by Gasteiger charge is 2.09. The predicted molar refractivity (Wildman–Crippen MR) is 64.5 cm³/mol. The van der Waals surface area contributed by atoms with Gasteiger partial charge in [-0.2, -0.15) is 0 Å². The lowest BCUT2D eigenvalue weighted by Gasteiger charge is -2.08. The molecule has 0 fully saturated rings. The molecule has 0 spiro atoms.